The van der Waals surface area contributed by atoms with Gasteiger partial charge < -0.3 is 15.5 Å². The van der Waals surface area contributed by atoms with E-state index in [9.17, 15) is 9.90 Å². The SMILES string of the molecule is CSCC(C)CNCC1(O)CCC(C(=O)O)CC1. The summed E-state index contributed by atoms with van der Waals surface area (Å²) in [7, 11) is 0. The van der Waals surface area contributed by atoms with Crippen molar-refractivity contribution in [3.05, 3.63) is 0 Å². The van der Waals surface area contributed by atoms with Gasteiger partial charge in [-0.15, -0.1) is 0 Å². The Morgan fingerprint density at radius 2 is 2.11 bits per heavy atom. The number of carbonyl (C=O) groups is 1. The molecule has 1 aliphatic rings. The lowest BCUT2D eigenvalue weighted by Gasteiger charge is -2.35. The average molecular weight is 275 g/mol. The van der Waals surface area contributed by atoms with Crippen LogP contribution in [0.4, 0.5) is 0 Å². The lowest BCUT2D eigenvalue weighted by Crippen LogP contribution is -2.45. The number of rotatable bonds is 7. The van der Waals surface area contributed by atoms with Crippen LogP contribution in [0.25, 0.3) is 0 Å². The zero-order valence-electron chi connectivity index (χ0n) is 11.3. The van der Waals surface area contributed by atoms with Gasteiger partial charge >= 0.3 is 5.97 Å². The number of hydrogen-bond donors (Lipinski definition) is 3. The molecule has 5 heteroatoms. The quantitative estimate of drug-likeness (QED) is 0.658. The Morgan fingerprint density at radius 1 is 1.50 bits per heavy atom. The summed E-state index contributed by atoms with van der Waals surface area (Å²) < 4.78 is 0. The van der Waals surface area contributed by atoms with Crippen molar-refractivity contribution < 1.29 is 15.0 Å². The van der Waals surface area contributed by atoms with E-state index in [1.165, 1.54) is 0 Å². The van der Waals surface area contributed by atoms with Crippen LogP contribution >= 0.6 is 11.8 Å². The Balaban J connectivity index is 2.24. The van der Waals surface area contributed by atoms with Crippen LogP contribution in [-0.4, -0.2) is 46.9 Å². The molecule has 0 spiro atoms. The third-order valence-corrected chi connectivity index (χ3v) is 4.57. The van der Waals surface area contributed by atoms with E-state index in [0.717, 1.165) is 12.3 Å². The number of hydrogen-bond acceptors (Lipinski definition) is 4. The van der Waals surface area contributed by atoms with Crippen molar-refractivity contribution in [3.63, 3.8) is 0 Å². The van der Waals surface area contributed by atoms with E-state index < -0.39 is 11.6 Å². The highest BCUT2D eigenvalue weighted by Crippen LogP contribution is 2.31. The third kappa shape index (κ3) is 5.16. The molecule has 0 heterocycles. The van der Waals surface area contributed by atoms with Gasteiger partial charge in [-0.25, -0.2) is 0 Å². The van der Waals surface area contributed by atoms with Crippen LogP contribution in [0, 0.1) is 11.8 Å². The van der Waals surface area contributed by atoms with Gasteiger partial charge in [0.05, 0.1) is 11.5 Å². The summed E-state index contributed by atoms with van der Waals surface area (Å²) in [6.07, 6.45) is 4.46. The van der Waals surface area contributed by atoms with Crippen LogP contribution < -0.4 is 5.32 Å². The Kier molecular flexibility index (Phi) is 6.46. The maximum atomic E-state index is 10.8. The van der Waals surface area contributed by atoms with Gasteiger partial charge in [0.1, 0.15) is 0 Å². The largest absolute Gasteiger partial charge is 0.481 e. The maximum absolute atomic E-state index is 10.8. The molecule has 4 nitrogen and oxygen atoms in total. The summed E-state index contributed by atoms with van der Waals surface area (Å²) in [4.78, 5) is 10.8. The highest BCUT2D eigenvalue weighted by atomic mass is 32.2. The first-order valence-electron chi connectivity index (χ1n) is 6.62. The van der Waals surface area contributed by atoms with Crippen LogP contribution in [0.5, 0.6) is 0 Å². The molecular weight excluding hydrogens is 250 g/mol. The zero-order valence-corrected chi connectivity index (χ0v) is 12.1. The van der Waals surface area contributed by atoms with E-state index in [1.54, 1.807) is 0 Å². The predicted octanol–water partition coefficient (Wildman–Crippen LogP) is 1.58. The minimum absolute atomic E-state index is 0.263. The van der Waals surface area contributed by atoms with Crippen LogP contribution in [-0.2, 0) is 4.79 Å². The molecule has 106 valence electrons. The van der Waals surface area contributed by atoms with E-state index in [2.05, 4.69) is 18.5 Å². The smallest absolute Gasteiger partial charge is 0.306 e. The van der Waals surface area contributed by atoms with Gasteiger partial charge in [-0.2, -0.15) is 11.8 Å². The number of aliphatic carboxylic acids is 1. The summed E-state index contributed by atoms with van der Waals surface area (Å²) in [6, 6.07) is 0. The van der Waals surface area contributed by atoms with Crippen LogP contribution in [0.3, 0.4) is 0 Å². The molecule has 1 saturated carbocycles. The van der Waals surface area contributed by atoms with Crippen molar-refractivity contribution in [2.45, 2.75) is 38.2 Å². The molecule has 3 N–H and O–H groups in total. The predicted molar refractivity (Wildman–Crippen MR) is 75.0 cm³/mol. The molecule has 18 heavy (non-hydrogen) atoms. The molecule has 0 aliphatic heterocycles. The zero-order chi connectivity index (χ0) is 13.6. The normalized spacial score (nSPS) is 30.1. The topological polar surface area (TPSA) is 69.6 Å². The summed E-state index contributed by atoms with van der Waals surface area (Å²) >= 11 is 1.83. The maximum Gasteiger partial charge on any atom is 0.306 e. The molecule has 0 saturated heterocycles. The minimum atomic E-state index is -0.724. The molecule has 0 aromatic carbocycles. The molecule has 1 unspecified atom stereocenters. The molecule has 1 aliphatic carbocycles. The summed E-state index contributed by atoms with van der Waals surface area (Å²) in [6.45, 7) is 3.68. The van der Waals surface area contributed by atoms with Crippen LogP contribution in [0.15, 0.2) is 0 Å². The molecule has 0 aromatic heterocycles. The molecule has 0 amide bonds. The molecule has 1 atom stereocenters. The molecular formula is C13H25NO3S. The number of thioether (sulfide) groups is 1. The van der Waals surface area contributed by atoms with Crippen molar-refractivity contribution in [2.75, 3.05) is 25.1 Å². The van der Waals surface area contributed by atoms with Gasteiger partial charge in [-0.1, -0.05) is 6.92 Å². The lowest BCUT2D eigenvalue weighted by molar-refractivity contribution is -0.144. The Bertz CT molecular complexity index is 265. The van der Waals surface area contributed by atoms with Crippen LogP contribution in [0.2, 0.25) is 0 Å². The minimum Gasteiger partial charge on any atom is -0.481 e. The first kappa shape index (κ1) is 15.8. The van der Waals surface area contributed by atoms with Gasteiger partial charge in [0, 0.05) is 6.54 Å². The molecule has 0 radical (unpaired) electrons. The second-order valence-corrected chi connectivity index (χ2v) is 6.44. The Hall–Kier alpha value is -0.260. The average Bonchev–Trinajstić information content (AvgIpc) is 2.29. The van der Waals surface area contributed by atoms with E-state index >= 15 is 0 Å². The van der Waals surface area contributed by atoms with E-state index in [-0.39, 0.29) is 5.92 Å². The summed E-state index contributed by atoms with van der Waals surface area (Å²) in [5, 5.41) is 22.6. The number of carboxylic acids is 1. The highest BCUT2D eigenvalue weighted by Gasteiger charge is 2.35. The van der Waals surface area contributed by atoms with Gasteiger partial charge in [0.15, 0.2) is 0 Å². The van der Waals surface area contributed by atoms with Crippen molar-refractivity contribution in [1.29, 1.82) is 0 Å². The second kappa shape index (κ2) is 7.36. The van der Waals surface area contributed by atoms with Crippen molar-refractivity contribution in [1.82, 2.24) is 5.32 Å². The van der Waals surface area contributed by atoms with Crippen molar-refractivity contribution >= 4 is 17.7 Å². The summed E-state index contributed by atoms with van der Waals surface area (Å²) in [5.41, 5.74) is -0.703. The number of aliphatic hydroxyl groups is 1. The summed E-state index contributed by atoms with van der Waals surface area (Å²) in [5.74, 6) is 0.727. The van der Waals surface area contributed by atoms with E-state index in [4.69, 9.17) is 5.11 Å². The van der Waals surface area contributed by atoms with Gasteiger partial charge in [0.2, 0.25) is 0 Å². The highest BCUT2D eigenvalue weighted by molar-refractivity contribution is 7.98. The number of carboxylic acid groups (broad SMARTS) is 1. The Labute approximate surface area is 114 Å². The van der Waals surface area contributed by atoms with E-state index in [0.29, 0.717) is 38.1 Å². The van der Waals surface area contributed by atoms with Gasteiger partial charge in [-0.05, 0) is 50.2 Å². The first-order valence-corrected chi connectivity index (χ1v) is 8.01. The fourth-order valence-corrected chi connectivity index (χ4v) is 3.16. The molecule has 0 aromatic rings. The third-order valence-electron chi connectivity index (χ3n) is 3.66. The second-order valence-electron chi connectivity index (χ2n) is 5.53. The van der Waals surface area contributed by atoms with E-state index in [1.807, 2.05) is 11.8 Å². The monoisotopic (exact) mass is 275 g/mol. The molecule has 1 fully saturated rings. The fourth-order valence-electron chi connectivity index (χ4n) is 2.47. The Morgan fingerprint density at radius 3 is 2.61 bits per heavy atom. The van der Waals surface area contributed by atoms with Gasteiger partial charge in [0.25, 0.3) is 0 Å². The van der Waals surface area contributed by atoms with Crippen LogP contribution in [0.1, 0.15) is 32.6 Å². The first-order chi connectivity index (χ1) is 8.47. The number of nitrogens with one attached hydrogen (secondary N) is 1. The fraction of sp³-hybridized carbons (Fsp3) is 0.923. The molecule has 1 rings (SSSR count). The van der Waals surface area contributed by atoms with Crippen molar-refractivity contribution in [2.24, 2.45) is 11.8 Å². The van der Waals surface area contributed by atoms with Crippen molar-refractivity contribution in [3.8, 4) is 0 Å². The lowest BCUT2D eigenvalue weighted by atomic mass is 9.79. The standard InChI is InChI=1S/C13H25NO3S/c1-10(8-18-2)7-14-9-13(17)5-3-11(4-6-13)12(15)16/h10-11,14,17H,3-9H2,1-2H3,(H,15,16). The molecule has 0 bridgehead atoms. The van der Waals surface area contributed by atoms with Gasteiger partial charge in [-0.3, -0.25) is 4.79 Å².